The van der Waals surface area contributed by atoms with Gasteiger partial charge in [0.15, 0.2) is 0 Å². The predicted molar refractivity (Wildman–Crippen MR) is 81.5 cm³/mol. The van der Waals surface area contributed by atoms with Crippen LogP contribution in [0.2, 0.25) is 10.0 Å². The lowest BCUT2D eigenvalue weighted by atomic mass is 10.2. The molecule has 20 heavy (non-hydrogen) atoms. The molecule has 104 valence electrons. The smallest absolute Gasteiger partial charge is 0.238 e. The van der Waals surface area contributed by atoms with E-state index in [1.807, 2.05) is 0 Å². The van der Waals surface area contributed by atoms with Crippen LogP contribution in [0.1, 0.15) is 5.56 Å². The van der Waals surface area contributed by atoms with Crippen molar-refractivity contribution in [2.45, 2.75) is 4.90 Å². The average Bonchev–Trinajstić information content (AvgIpc) is 2.40. The number of aliphatic imine (C=N–C) groups is 1. The first-order valence-electron chi connectivity index (χ1n) is 5.48. The number of rotatable bonds is 3. The molecule has 0 atom stereocenters. The molecule has 0 aliphatic carbocycles. The third kappa shape index (κ3) is 3.80. The maximum atomic E-state index is 11.1. The molecule has 0 aliphatic heterocycles. The lowest BCUT2D eigenvalue weighted by Crippen LogP contribution is -2.11. The molecule has 2 aromatic carbocycles. The molecule has 0 spiro atoms. The highest BCUT2D eigenvalue weighted by atomic mass is 35.5. The zero-order valence-corrected chi connectivity index (χ0v) is 12.5. The van der Waals surface area contributed by atoms with Gasteiger partial charge in [0, 0.05) is 6.21 Å². The minimum absolute atomic E-state index is 0.0472. The highest BCUT2D eigenvalue weighted by Gasteiger charge is 2.06. The summed E-state index contributed by atoms with van der Waals surface area (Å²) in [5, 5.41) is 5.93. The molecule has 0 saturated carbocycles. The van der Waals surface area contributed by atoms with E-state index in [9.17, 15) is 8.42 Å². The van der Waals surface area contributed by atoms with Gasteiger partial charge in [0.1, 0.15) is 0 Å². The minimum Gasteiger partial charge on any atom is -0.256 e. The fourth-order valence-corrected chi connectivity index (χ4v) is 2.29. The first-order chi connectivity index (χ1) is 9.36. The number of nitrogens with two attached hydrogens (primary N) is 1. The predicted octanol–water partition coefficient (Wildman–Crippen LogP) is 3.39. The van der Waals surface area contributed by atoms with Gasteiger partial charge in [-0.25, -0.2) is 13.6 Å². The topological polar surface area (TPSA) is 72.5 Å². The van der Waals surface area contributed by atoms with Gasteiger partial charge in [-0.2, -0.15) is 0 Å². The van der Waals surface area contributed by atoms with Gasteiger partial charge in [-0.15, -0.1) is 0 Å². The summed E-state index contributed by atoms with van der Waals surface area (Å²) in [4.78, 5) is 4.26. The zero-order chi connectivity index (χ0) is 14.8. The molecule has 0 amide bonds. The Labute approximate surface area is 126 Å². The second-order valence-electron chi connectivity index (χ2n) is 3.97. The van der Waals surface area contributed by atoms with Crippen molar-refractivity contribution in [3.05, 3.63) is 58.1 Å². The summed E-state index contributed by atoms with van der Waals surface area (Å²) < 4.78 is 22.2. The first kappa shape index (κ1) is 15.0. The largest absolute Gasteiger partial charge is 0.256 e. The second kappa shape index (κ2) is 5.93. The fraction of sp³-hybridized carbons (Fsp3) is 0. The summed E-state index contributed by atoms with van der Waals surface area (Å²) in [7, 11) is -3.68. The van der Waals surface area contributed by atoms with E-state index in [1.54, 1.807) is 36.5 Å². The Morgan fingerprint density at radius 1 is 1.00 bits per heavy atom. The van der Waals surface area contributed by atoms with Gasteiger partial charge in [0.05, 0.1) is 20.6 Å². The Bertz CT molecular complexity index is 756. The number of halogens is 2. The summed E-state index contributed by atoms with van der Waals surface area (Å²) in [6, 6.07) is 11.1. The van der Waals surface area contributed by atoms with E-state index >= 15 is 0 Å². The number of hydrogen-bond donors (Lipinski definition) is 1. The van der Waals surface area contributed by atoms with Crippen molar-refractivity contribution in [3.8, 4) is 0 Å². The van der Waals surface area contributed by atoms with Crippen LogP contribution in [-0.4, -0.2) is 14.6 Å². The van der Waals surface area contributed by atoms with E-state index in [0.29, 0.717) is 15.7 Å². The van der Waals surface area contributed by atoms with Gasteiger partial charge in [0.25, 0.3) is 0 Å². The molecular weight excluding hydrogens is 319 g/mol. The lowest BCUT2D eigenvalue weighted by Gasteiger charge is -1.99. The summed E-state index contributed by atoms with van der Waals surface area (Å²) in [5.41, 5.74) is 1.39. The molecule has 0 unspecified atom stereocenters. The maximum absolute atomic E-state index is 11.1. The normalized spacial score (nSPS) is 11.9. The number of benzene rings is 2. The van der Waals surface area contributed by atoms with Gasteiger partial charge in [0.2, 0.25) is 10.0 Å². The van der Waals surface area contributed by atoms with Crippen LogP contribution in [0.3, 0.4) is 0 Å². The quantitative estimate of drug-likeness (QED) is 0.877. The van der Waals surface area contributed by atoms with Crippen molar-refractivity contribution in [2.75, 3.05) is 0 Å². The molecule has 4 nitrogen and oxygen atoms in total. The van der Waals surface area contributed by atoms with Gasteiger partial charge in [-0.1, -0.05) is 29.3 Å². The van der Waals surface area contributed by atoms with Crippen molar-refractivity contribution < 1.29 is 8.42 Å². The van der Waals surface area contributed by atoms with Crippen LogP contribution >= 0.6 is 23.2 Å². The van der Waals surface area contributed by atoms with Crippen LogP contribution in [0.25, 0.3) is 0 Å². The molecule has 0 saturated heterocycles. The molecule has 2 rings (SSSR count). The third-order valence-corrected chi connectivity index (χ3v) is 4.14. The van der Waals surface area contributed by atoms with E-state index < -0.39 is 10.0 Å². The highest BCUT2D eigenvalue weighted by Crippen LogP contribution is 2.22. The van der Waals surface area contributed by atoms with Crippen molar-refractivity contribution in [1.82, 2.24) is 0 Å². The van der Waals surface area contributed by atoms with Crippen molar-refractivity contribution in [2.24, 2.45) is 10.1 Å². The third-order valence-electron chi connectivity index (χ3n) is 2.47. The summed E-state index contributed by atoms with van der Waals surface area (Å²) >= 11 is 11.7. The molecule has 2 N–H and O–H groups in total. The van der Waals surface area contributed by atoms with Gasteiger partial charge in [-0.05, 0) is 42.0 Å². The van der Waals surface area contributed by atoms with E-state index in [0.717, 1.165) is 5.56 Å². The maximum Gasteiger partial charge on any atom is 0.238 e. The summed E-state index contributed by atoms with van der Waals surface area (Å²) in [6.45, 7) is 0. The average molecular weight is 329 g/mol. The number of hydrogen-bond acceptors (Lipinski definition) is 3. The minimum atomic E-state index is -3.68. The lowest BCUT2D eigenvalue weighted by molar-refractivity contribution is 0.598. The summed E-state index contributed by atoms with van der Waals surface area (Å²) in [5.74, 6) is 0. The SMILES string of the molecule is NS(=O)(=O)c1ccc(N=Cc2ccc(Cl)c(Cl)c2)cc1. The zero-order valence-electron chi connectivity index (χ0n) is 10.1. The molecule has 0 radical (unpaired) electrons. The van der Waals surface area contributed by atoms with Crippen molar-refractivity contribution in [1.29, 1.82) is 0 Å². The Morgan fingerprint density at radius 3 is 2.20 bits per heavy atom. The number of sulfonamides is 1. The van der Waals surface area contributed by atoms with Gasteiger partial charge in [-0.3, -0.25) is 4.99 Å². The standard InChI is InChI=1S/C13H10Cl2N2O2S/c14-12-6-1-9(7-13(12)15)8-17-10-2-4-11(5-3-10)20(16,18)19/h1-8H,(H2,16,18,19). The molecule has 2 aromatic rings. The van der Waals surface area contributed by atoms with Crippen LogP contribution in [0.5, 0.6) is 0 Å². The molecule has 0 aliphatic rings. The van der Waals surface area contributed by atoms with E-state index in [2.05, 4.69) is 4.99 Å². The van der Waals surface area contributed by atoms with Gasteiger partial charge >= 0.3 is 0 Å². The van der Waals surface area contributed by atoms with E-state index in [-0.39, 0.29) is 4.90 Å². The van der Waals surface area contributed by atoms with Crippen LogP contribution in [0.4, 0.5) is 5.69 Å². The first-order valence-corrected chi connectivity index (χ1v) is 7.78. The Morgan fingerprint density at radius 2 is 1.65 bits per heavy atom. The Balaban J connectivity index is 2.21. The molecule has 0 heterocycles. The second-order valence-corrected chi connectivity index (χ2v) is 6.35. The Kier molecular flexibility index (Phi) is 4.45. The van der Waals surface area contributed by atoms with Crippen LogP contribution < -0.4 is 5.14 Å². The van der Waals surface area contributed by atoms with E-state index in [1.165, 1.54) is 12.1 Å². The molecule has 0 bridgehead atoms. The van der Waals surface area contributed by atoms with Crippen LogP contribution in [0, 0.1) is 0 Å². The molecular formula is C13H10Cl2N2O2S. The van der Waals surface area contributed by atoms with Crippen molar-refractivity contribution in [3.63, 3.8) is 0 Å². The molecule has 0 fully saturated rings. The highest BCUT2D eigenvalue weighted by molar-refractivity contribution is 7.89. The monoisotopic (exact) mass is 328 g/mol. The number of nitrogens with zero attached hydrogens (tertiary/aromatic N) is 1. The molecule has 7 heteroatoms. The Hall–Kier alpha value is -1.40. The number of primary sulfonamides is 1. The van der Waals surface area contributed by atoms with Crippen LogP contribution in [0.15, 0.2) is 52.4 Å². The fourth-order valence-electron chi connectivity index (χ4n) is 1.46. The van der Waals surface area contributed by atoms with Crippen LogP contribution in [-0.2, 0) is 10.0 Å². The molecule has 0 aromatic heterocycles. The van der Waals surface area contributed by atoms with E-state index in [4.69, 9.17) is 28.3 Å². The van der Waals surface area contributed by atoms with Crippen molar-refractivity contribution >= 4 is 45.1 Å². The van der Waals surface area contributed by atoms with Gasteiger partial charge < -0.3 is 0 Å². The summed E-state index contributed by atoms with van der Waals surface area (Å²) in [6.07, 6.45) is 1.61.